The summed E-state index contributed by atoms with van der Waals surface area (Å²) in [6.45, 7) is 9.24. The third-order valence-electron chi connectivity index (χ3n) is 2.32. The molecule has 0 aromatic rings. The SMILES string of the molecule is COCCCOCCCC(Br)C(C)(C)C. The molecule has 0 aliphatic carbocycles. The fourth-order valence-corrected chi connectivity index (χ4v) is 1.53. The Kier molecular flexibility index (Phi) is 8.77. The van der Waals surface area contributed by atoms with Gasteiger partial charge in [0.2, 0.25) is 0 Å². The second kappa shape index (κ2) is 8.54. The van der Waals surface area contributed by atoms with Crippen molar-refractivity contribution in [2.24, 2.45) is 5.41 Å². The number of halogens is 1. The Morgan fingerprint density at radius 3 is 2.20 bits per heavy atom. The zero-order chi connectivity index (χ0) is 11.7. The van der Waals surface area contributed by atoms with Crippen molar-refractivity contribution in [2.45, 2.75) is 44.9 Å². The fraction of sp³-hybridized carbons (Fsp3) is 1.00. The second-order valence-electron chi connectivity index (χ2n) is 4.93. The van der Waals surface area contributed by atoms with E-state index < -0.39 is 0 Å². The predicted octanol–water partition coefficient (Wildman–Crippen LogP) is 3.63. The Bertz CT molecular complexity index is 143. The van der Waals surface area contributed by atoms with E-state index in [0.29, 0.717) is 10.2 Å². The Morgan fingerprint density at radius 2 is 1.67 bits per heavy atom. The van der Waals surface area contributed by atoms with E-state index in [4.69, 9.17) is 9.47 Å². The van der Waals surface area contributed by atoms with Crippen LogP contribution in [0.1, 0.15) is 40.0 Å². The first-order valence-corrected chi connectivity index (χ1v) is 6.61. The molecule has 0 aromatic heterocycles. The molecule has 1 atom stereocenters. The van der Waals surface area contributed by atoms with Gasteiger partial charge in [0.1, 0.15) is 0 Å². The van der Waals surface area contributed by atoms with Crippen LogP contribution in [0.5, 0.6) is 0 Å². The zero-order valence-electron chi connectivity index (χ0n) is 10.5. The van der Waals surface area contributed by atoms with E-state index in [0.717, 1.165) is 32.7 Å². The average Bonchev–Trinajstić information content (AvgIpc) is 2.14. The molecule has 0 heterocycles. The van der Waals surface area contributed by atoms with Gasteiger partial charge < -0.3 is 9.47 Å². The van der Waals surface area contributed by atoms with Crippen LogP contribution in [-0.2, 0) is 9.47 Å². The van der Waals surface area contributed by atoms with Crippen molar-refractivity contribution in [3.05, 3.63) is 0 Å². The summed E-state index contributed by atoms with van der Waals surface area (Å²) in [5.41, 5.74) is 0.343. The third-order valence-corrected chi connectivity index (χ3v) is 4.15. The minimum atomic E-state index is 0.343. The monoisotopic (exact) mass is 280 g/mol. The van der Waals surface area contributed by atoms with E-state index in [1.54, 1.807) is 7.11 Å². The molecule has 0 aromatic carbocycles. The maximum Gasteiger partial charge on any atom is 0.0487 e. The topological polar surface area (TPSA) is 18.5 Å². The summed E-state index contributed by atoms with van der Waals surface area (Å²) in [7, 11) is 1.72. The normalized spacial score (nSPS) is 14.2. The third kappa shape index (κ3) is 9.34. The lowest BCUT2D eigenvalue weighted by molar-refractivity contribution is 0.0993. The van der Waals surface area contributed by atoms with Gasteiger partial charge in [-0.05, 0) is 24.7 Å². The Hall–Kier alpha value is 0.400. The molecule has 0 spiro atoms. The van der Waals surface area contributed by atoms with Gasteiger partial charge in [-0.2, -0.15) is 0 Å². The maximum atomic E-state index is 5.50. The number of ether oxygens (including phenoxy) is 2. The highest BCUT2D eigenvalue weighted by atomic mass is 79.9. The molecule has 1 unspecified atom stereocenters. The summed E-state index contributed by atoms with van der Waals surface area (Å²) in [4.78, 5) is 0.576. The number of alkyl halides is 1. The van der Waals surface area contributed by atoms with Crippen LogP contribution < -0.4 is 0 Å². The van der Waals surface area contributed by atoms with E-state index in [9.17, 15) is 0 Å². The molecule has 92 valence electrons. The van der Waals surface area contributed by atoms with Gasteiger partial charge in [-0.25, -0.2) is 0 Å². The molecule has 15 heavy (non-hydrogen) atoms. The summed E-state index contributed by atoms with van der Waals surface area (Å²) in [6, 6.07) is 0. The van der Waals surface area contributed by atoms with E-state index in [2.05, 4.69) is 36.7 Å². The Labute approximate surface area is 103 Å². The number of hydrogen-bond acceptors (Lipinski definition) is 2. The van der Waals surface area contributed by atoms with Gasteiger partial charge in [0.25, 0.3) is 0 Å². The fourth-order valence-electron chi connectivity index (χ4n) is 1.21. The van der Waals surface area contributed by atoms with E-state index >= 15 is 0 Å². The summed E-state index contributed by atoms with van der Waals surface area (Å²) in [5, 5.41) is 0. The van der Waals surface area contributed by atoms with Crippen LogP contribution in [0, 0.1) is 5.41 Å². The lowest BCUT2D eigenvalue weighted by Gasteiger charge is -2.25. The molecule has 0 N–H and O–H groups in total. The Morgan fingerprint density at radius 1 is 1.07 bits per heavy atom. The van der Waals surface area contributed by atoms with Crippen LogP contribution in [0.15, 0.2) is 0 Å². The van der Waals surface area contributed by atoms with E-state index in [1.807, 2.05) is 0 Å². The molecule has 2 nitrogen and oxygen atoms in total. The van der Waals surface area contributed by atoms with Crippen molar-refractivity contribution in [2.75, 3.05) is 26.9 Å². The van der Waals surface area contributed by atoms with Gasteiger partial charge >= 0.3 is 0 Å². The minimum Gasteiger partial charge on any atom is -0.385 e. The van der Waals surface area contributed by atoms with Gasteiger partial charge in [-0.3, -0.25) is 0 Å². The average molecular weight is 281 g/mol. The zero-order valence-corrected chi connectivity index (χ0v) is 12.1. The minimum absolute atomic E-state index is 0.343. The first-order valence-electron chi connectivity index (χ1n) is 5.69. The standard InChI is InChI=1S/C12H25BrO2/c1-12(2,3)11(13)7-5-9-15-10-6-8-14-4/h11H,5-10H2,1-4H3. The van der Waals surface area contributed by atoms with Crippen molar-refractivity contribution in [3.63, 3.8) is 0 Å². The number of hydrogen-bond donors (Lipinski definition) is 0. The van der Waals surface area contributed by atoms with Crippen LogP contribution >= 0.6 is 15.9 Å². The van der Waals surface area contributed by atoms with Crippen LogP contribution in [0.3, 0.4) is 0 Å². The highest BCUT2D eigenvalue weighted by molar-refractivity contribution is 9.09. The predicted molar refractivity (Wildman–Crippen MR) is 68.7 cm³/mol. The molecular formula is C12H25BrO2. The smallest absolute Gasteiger partial charge is 0.0487 e. The lowest BCUT2D eigenvalue weighted by atomic mass is 9.90. The number of rotatable bonds is 8. The number of methoxy groups -OCH3 is 1. The summed E-state index contributed by atoms with van der Waals surface area (Å²) in [5.74, 6) is 0. The van der Waals surface area contributed by atoms with Gasteiger partial charge in [-0.1, -0.05) is 36.7 Å². The molecular weight excluding hydrogens is 256 g/mol. The molecule has 0 rings (SSSR count). The first-order chi connectivity index (χ1) is 6.98. The molecule has 0 saturated carbocycles. The molecule has 0 fully saturated rings. The van der Waals surface area contributed by atoms with Crippen LogP contribution in [-0.4, -0.2) is 31.8 Å². The van der Waals surface area contributed by atoms with Crippen LogP contribution in [0.4, 0.5) is 0 Å². The van der Waals surface area contributed by atoms with Gasteiger partial charge in [0, 0.05) is 31.8 Å². The largest absolute Gasteiger partial charge is 0.385 e. The second-order valence-corrected chi connectivity index (χ2v) is 6.04. The van der Waals surface area contributed by atoms with Crippen LogP contribution in [0.25, 0.3) is 0 Å². The molecule has 0 amide bonds. The lowest BCUT2D eigenvalue weighted by Crippen LogP contribution is -2.20. The summed E-state index contributed by atoms with van der Waals surface area (Å²) in [6.07, 6.45) is 3.29. The van der Waals surface area contributed by atoms with Crippen molar-refractivity contribution in [1.82, 2.24) is 0 Å². The van der Waals surface area contributed by atoms with E-state index in [1.165, 1.54) is 6.42 Å². The highest BCUT2D eigenvalue weighted by Crippen LogP contribution is 2.29. The first kappa shape index (κ1) is 15.4. The molecule has 0 aliphatic rings. The molecule has 0 radical (unpaired) electrons. The quantitative estimate of drug-likeness (QED) is 0.499. The van der Waals surface area contributed by atoms with Crippen molar-refractivity contribution < 1.29 is 9.47 Å². The molecule has 0 aliphatic heterocycles. The van der Waals surface area contributed by atoms with Gasteiger partial charge in [0.15, 0.2) is 0 Å². The maximum absolute atomic E-state index is 5.50. The summed E-state index contributed by atoms with van der Waals surface area (Å²) >= 11 is 3.72. The van der Waals surface area contributed by atoms with Crippen molar-refractivity contribution in [1.29, 1.82) is 0 Å². The molecule has 3 heteroatoms. The van der Waals surface area contributed by atoms with Gasteiger partial charge in [-0.15, -0.1) is 0 Å². The highest BCUT2D eigenvalue weighted by Gasteiger charge is 2.20. The Balaban J connectivity index is 3.24. The van der Waals surface area contributed by atoms with Crippen LogP contribution in [0.2, 0.25) is 0 Å². The van der Waals surface area contributed by atoms with Crippen molar-refractivity contribution >= 4 is 15.9 Å². The van der Waals surface area contributed by atoms with Gasteiger partial charge in [0.05, 0.1) is 0 Å². The van der Waals surface area contributed by atoms with E-state index in [-0.39, 0.29) is 0 Å². The summed E-state index contributed by atoms with van der Waals surface area (Å²) < 4.78 is 10.4. The molecule has 0 bridgehead atoms. The molecule has 0 saturated heterocycles. The van der Waals surface area contributed by atoms with Crippen molar-refractivity contribution in [3.8, 4) is 0 Å².